The van der Waals surface area contributed by atoms with Crippen molar-refractivity contribution in [1.29, 1.82) is 0 Å². The van der Waals surface area contributed by atoms with Crippen molar-refractivity contribution in [1.82, 2.24) is 5.32 Å². The number of hydrogen-bond donors (Lipinski definition) is 12. The Balaban J connectivity index is 1.49. The third-order valence-electron chi connectivity index (χ3n) is 13.2. The maximum atomic E-state index is 13.0. The van der Waals surface area contributed by atoms with Crippen molar-refractivity contribution in [2.24, 2.45) is 0 Å². The van der Waals surface area contributed by atoms with E-state index in [0.29, 0.717) is 12.8 Å². The van der Waals surface area contributed by atoms with Crippen LogP contribution in [0.3, 0.4) is 0 Å². The molecule has 17 atom stereocenters. The minimum absolute atomic E-state index is 0.261. The van der Waals surface area contributed by atoms with Gasteiger partial charge in [-0.2, -0.15) is 0 Å². The van der Waals surface area contributed by atoms with Gasteiger partial charge in [0, 0.05) is 6.42 Å². The monoisotopic (exact) mass is 956 g/mol. The van der Waals surface area contributed by atoms with Crippen molar-refractivity contribution >= 4 is 5.91 Å². The van der Waals surface area contributed by atoms with Gasteiger partial charge in [-0.1, -0.05) is 142 Å². The lowest BCUT2D eigenvalue weighted by molar-refractivity contribution is -0.379. The highest BCUT2D eigenvalue weighted by Gasteiger charge is 2.53. The van der Waals surface area contributed by atoms with E-state index in [-0.39, 0.29) is 18.9 Å². The summed E-state index contributed by atoms with van der Waals surface area (Å²) in [4.78, 5) is 13.0. The molecule has 0 radical (unpaired) electrons. The van der Waals surface area contributed by atoms with Crippen LogP contribution in [-0.4, -0.2) is 193 Å². The lowest BCUT2D eigenvalue weighted by Crippen LogP contribution is -2.66. The summed E-state index contributed by atoms with van der Waals surface area (Å²) in [5, 5.41) is 119. The summed E-state index contributed by atoms with van der Waals surface area (Å²) >= 11 is 0. The first kappa shape index (κ1) is 59.1. The lowest BCUT2D eigenvalue weighted by atomic mass is 9.96. The summed E-state index contributed by atoms with van der Waals surface area (Å²) in [6, 6.07) is -0.875. The van der Waals surface area contributed by atoms with E-state index >= 15 is 0 Å². The fourth-order valence-corrected chi connectivity index (χ4v) is 8.90. The molecule has 66 heavy (non-hydrogen) atoms. The number of aliphatic hydroxyl groups is 11. The predicted octanol–water partition coefficient (Wildman–Crippen LogP) is 1.31. The molecule has 19 heteroatoms. The Morgan fingerprint density at radius 2 is 0.864 bits per heavy atom. The number of carbonyl (C=O) groups is 1. The van der Waals surface area contributed by atoms with E-state index in [1.165, 1.54) is 83.5 Å². The fraction of sp³-hybridized carbons (Fsp3) is 0.979. The first-order chi connectivity index (χ1) is 31.8. The highest BCUT2D eigenvalue weighted by atomic mass is 16.8. The van der Waals surface area contributed by atoms with Gasteiger partial charge >= 0.3 is 0 Å². The van der Waals surface area contributed by atoms with E-state index < -0.39 is 124 Å². The number of ether oxygens (including phenoxy) is 6. The van der Waals surface area contributed by atoms with Gasteiger partial charge in [0.1, 0.15) is 73.2 Å². The number of amides is 1. The average molecular weight is 956 g/mol. The molecule has 1 amide bonds. The molecule has 19 nitrogen and oxygen atoms in total. The zero-order valence-electron chi connectivity index (χ0n) is 39.7. The van der Waals surface area contributed by atoms with E-state index in [1.807, 2.05) is 0 Å². The SMILES string of the molecule is CCCCCCCCCCCCCCCCCCCC(O)C(COC1OC(CO)C(OC2OC(CO)C(OC3OC(CO)C(O)C(O)C3O)C(O)C2O)C(O)C1O)NC(=O)CCCCCC. The summed E-state index contributed by atoms with van der Waals surface area (Å²) in [5.41, 5.74) is 0. The molecule has 3 fully saturated rings. The molecular formula is C47H89NO18. The second kappa shape index (κ2) is 33.4. The minimum atomic E-state index is -1.97. The normalized spacial score (nSPS) is 33.7. The van der Waals surface area contributed by atoms with Crippen LogP contribution in [0.15, 0.2) is 0 Å². The van der Waals surface area contributed by atoms with Gasteiger partial charge in [0.2, 0.25) is 5.91 Å². The lowest BCUT2D eigenvalue weighted by Gasteiger charge is -2.48. The van der Waals surface area contributed by atoms with E-state index in [4.69, 9.17) is 28.4 Å². The first-order valence-corrected chi connectivity index (χ1v) is 25.3. The molecule has 0 aromatic rings. The largest absolute Gasteiger partial charge is 0.394 e. The zero-order chi connectivity index (χ0) is 48.4. The molecule has 0 saturated carbocycles. The van der Waals surface area contributed by atoms with Crippen LogP contribution < -0.4 is 5.32 Å². The summed E-state index contributed by atoms with van der Waals surface area (Å²) in [7, 11) is 0. The van der Waals surface area contributed by atoms with Crippen LogP contribution in [0.2, 0.25) is 0 Å². The van der Waals surface area contributed by atoms with Crippen LogP contribution in [0.5, 0.6) is 0 Å². The second-order valence-electron chi connectivity index (χ2n) is 18.6. The third-order valence-corrected chi connectivity index (χ3v) is 13.2. The van der Waals surface area contributed by atoms with Crippen molar-refractivity contribution in [3.05, 3.63) is 0 Å². The number of unbranched alkanes of at least 4 members (excludes halogenated alkanes) is 19. The van der Waals surface area contributed by atoms with Crippen molar-refractivity contribution in [2.45, 2.75) is 266 Å². The average Bonchev–Trinajstić information content (AvgIpc) is 3.31. The Morgan fingerprint density at radius 1 is 0.485 bits per heavy atom. The number of carbonyl (C=O) groups excluding carboxylic acids is 1. The van der Waals surface area contributed by atoms with Crippen molar-refractivity contribution in [3.63, 3.8) is 0 Å². The molecule has 0 bridgehead atoms. The topological polar surface area (TPSA) is 307 Å². The molecule has 3 rings (SSSR count). The van der Waals surface area contributed by atoms with Gasteiger partial charge in [-0.3, -0.25) is 4.79 Å². The Morgan fingerprint density at radius 3 is 1.32 bits per heavy atom. The molecule has 0 aromatic heterocycles. The molecule has 3 heterocycles. The fourth-order valence-electron chi connectivity index (χ4n) is 8.90. The van der Waals surface area contributed by atoms with Gasteiger partial charge in [-0.25, -0.2) is 0 Å². The predicted molar refractivity (Wildman–Crippen MR) is 240 cm³/mol. The molecule has 3 saturated heterocycles. The van der Waals surface area contributed by atoms with Crippen LogP contribution in [0.1, 0.15) is 162 Å². The summed E-state index contributed by atoms with van der Waals surface area (Å²) in [6.07, 6.45) is -1.32. The van der Waals surface area contributed by atoms with E-state index in [1.54, 1.807) is 0 Å². The minimum Gasteiger partial charge on any atom is -0.394 e. The zero-order valence-corrected chi connectivity index (χ0v) is 39.7. The van der Waals surface area contributed by atoms with Gasteiger partial charge in [0.05, 0.1) is 38.6 Å². The molecule has 0 aliphatic carbocycles. The first-order valence-electron chi connectivity index (χ1n) is 25.3. The van der Waals surface area contributed by atoms with Crippen LogP contribution >= 0.6 is 0 Å². The standard InChI is InChI=1S/C47H89NO18/c1-3-5-7-9-10-11-12-13-14-15-16-17-18-19-20-21-22-24-31(52)30(48-35(53)25-23-8-6-4-2)29-61-45-41(59)38(56)43(33(27-50)63-45)66-47-42(60)39(57)44(34(28-51)64-47)65-46-40(58)37(55)36(54)32(26-49)62-46/h30-34,36-47,49-52,54-60H,3-29H2,1-2H3,(H,48,53). The smallest absolute Gasteiger partial charge is 0.220 e. The van der Waals surface area contributed by atoms with E-state index in [2.05, 4.69) is 19.2 Å². The number of nitrogens with one attached hydrogen (secondary N) is 1. The van der Waals surface area contributed by atoms with Gasteiger partial charge < -0.3 is 89.9 Å². The third kappa shape index (κ3) is 19.5. The van der Waals surface area contributed by atoms with Gasteiger partial charge in [-0.05, 0) is 12.8 Å². The van der Waals surface area contributed by atoms with Crippen molar-refractivity contribution in [3.8, 4) is 0 Å². The molecule has 12 N–H and O–H groups in total. The molecule has 0 spiro atoms. The molecule has 0 aromatic carbocycles. The van der Waals surface area contributed by atoms with Crippen molar-refractivity contribution < 1.29 is 89.4 Å². The Kier molecular flexibility index (Phi) is 29.9. The Labute approximate surface area is 392 Å². The van der Waals surface area contributed by atoms with Crippen molar-refractivity contribution in [2.75, 3.05) is 26.4 Å². The van der Waals surface area contributed by atoms with E-state index in [9.17, 15) is 61.0 Å². The van der Waals surface area contributed by atoms with Crippen LogP contribution in [0, 0.1) is 0 Å². The maximum absolute atomic E-state index is 13.0. The van der Waals surface area contributed by atoms with Gasteiger partial charge in [0.25, 0.3) is 0 Å². The molecule has 3 aliphatic rings. The van der Waals surface area contributed by atoms with Crippen LogP contribution in [-0.2, 0) is 33.2 Å². The quantitative estimate of drug-likeness (QED) is 0.0399. The molecule has 3 aliphatic heterocycles. The summed E-state index contributed by atoms with van der Waals surface area (Å²) in [5.74, 6) is -0.261. The maximum Gasteiger partial charge on any atom is 0.220 e. The number of rotatable bonds is 35. The Hall–Kier alpha value is -1.21. The summed E-state index contributed by atoms with van der Waals surface area (Å²) < 4.78 is 34.0. The Bertz CT molecular complexity index is 1240. The summed E-state index contributed by atoms with van der Waals surface area (Å²) in [6.45, 7) is 1.63. The van der Waals surface area contributed by atoms with Crippen LogP contribution in [0.4, 0.5) is 0 Å². The second-order valence-corrected chi connectivity index (χ2v) is 18.6. The van der Waals surface area contributed by atoms with Gasteiger partial charge in [-0.15, -0.1) is 0 Å². The molecular weight excluding hydrogens is 867 g/mol. The highest BCUT2D eigenvalue weighted by Crippen LogP contribution is 2.33. The number of aliphatic hydroxyl groups excluding tert-OH is 11. The van der Waals surface area contributed by atoms with Gasteiger partial charge in [0.15, 0.2) is 18.9 Å². The highest BCUT2D eigenvalue weighted by molar-refractivity contribution is 5.76. The molecule has 17 unspecified atom stereocenters. The van der Waals surface area contributed by atoms with Crippen LogP contribution in [0.25, 0.3) is 0 Å². The number of hydrogen-bond acceptors (Lipinski definition) is 18. The van der Waals surface area contributed by atoms with E-state index in [0.717, 1.165) is 44.9 Å². The molecule has 390 valence electrons.